The molecule has 0 radical (unpaired) electrons. The maximum atomic E-state index is 13.5. The van der Waals surface area contributed by atoms with E-state index in [4.69, 9.17) is 4.74 Å². The maximum Gasteiger partial charge on any atom is 0.256 e. The molecule has 1 aromatic heterocycles. The van der Waals surface area contributed by atoms with Crippen LogP contribution in [0.3, 0.4) is 0 Å². The number of hydrogen-bond acceptors (Lipinski definition) is 7. The monoisotopic (exact) mass is 576 g/mol. The van der Waals surface area contributed by atoms with Crippen molar-refractivity contribution in [1.29, 1.82) is 0 Å². The van der Waals surface area contributed by atoms with Crippen LogP contribution in [0.2, 0.25) is 0 Å². The molecule has 0 spiro atoms. The van der Waals surface area contributed by atoms with E-state index in [0.29, 0.717) is 55.2 Å². The van der Waals surface area contributed by atoms with Crippen molar-refractivity contribution in [3.05, 3.63) is 92.7 Å². The van der Waals surface area contributed by atoms with Gasteiger partial charge in [-0.15, -0.1) is 11.3 Å². The van der Waals surface area contributed by atoms with Crippen molar-refractivity contribution in [3.8, 4) is 33.4 Å². The van der Waals surface area contributed by atoms with E-state index in [1.54, 1.807) is 25.1 Å². The molecule has 0 fully saturated rings. The summed E-state index contributed by atoms with van der Waals surface area (Å²) in [5, 5.41) is 39.9. The molecule has 0 atom stereocenters. The molecule has 208 valence electrons. The van der Waals surface area contributed by atoms with E-state index in [1.807, 2.05) is 43.3 Å². The molecule has 0 saturated heterocycles. The molecular formula is C33H24N2O6S. The highest BCUT2D eigenvalue weighted by Crippen LogP contribution is 2.43. The van der Waals surface area contributed by atoms with Crippen molar-refractivity contribution in [2.75, 3.05) is 17.7 Å². The van der Waals surface area contributed by atoms with Crippen LogP contribution in [0.15, 0.2) is 60.7 Å². The Hall–Kier alpha value is -5.28. The van der Waals surface area contributed by atoms with Crippen LogP contribution in [0.4, 0.5) is 11.4 Å². The number of amides is 2. The first kappa shape index (κ1) is 25.7. The predicted octanol–water partition coefficient (Wildman–Crippen LogP) is 4.61. The van der Waals surface area contributed by atoms with E-state index in [-0.39, 0.29) is 34.8 Å². The van der Waals surface area contributed by atoms with Gasteiger partial charge in [-0.25, -0.2) is 0 Å². The second-order valence-corrected chi connectivity index (χ2v) is 11.7. The average molecular weight is 577 g/mol. The van der Waals surface area contributed by atoms with Crippen LogP contribution in [-0.4, -0.2) is 34.2 Å². The molecule has 0 aliphatic carbocycles. The van der Waals surface area contributed by atoms with Gasteiger partial charge in [-0.05, 0) is 66.9 Å². The molecule has 0 saturated carbocycles. The smallest absolute Gasteiger partial charge is 0.256 e. The molecule has 5 N–H and O–H groups in total. The van der Waals surface area contributed by atoms with Crippen LogP contribution >= 0.6 is 11.3 Å². The van der Waals surface area contributed by atoms with Gasteiger partial charge in [0.15, 0.2) is 23.0 Å². The number of carbonyl (C=O) groups excluding carboxylic acids is 2. The summed E-state index contributed by atoms with van der Waals surface area (Å²) in [6.07, 6.45) is 0. The summed E-state index contributed by atoms with van der Waals surface area (Å²) in [4.78, 5) is 28.6. The SMILES string of the molecule is COc1cc(C2=c3ccc4c5c(ccc4c3NC2=O)=C(c2cc(C)c(O)c(O)c2)C(=O)N5)cc(-c2ccc(C)s2)c1O. The van der Waals surface area contributed by atoms with Crippen molar-refractivity contribution in [2.24, 2.45) is 0 Å². The molecule has 5 aromatic rings. The number of methoxy groups -OCH3 is 1. The third-order valence-electron chi connectivity index (χ3n) is 7.83. The number of thiophene rings is 1. The number of benzene rings is 4. The molecule has 7 rings (SSSR count). The number of ether oxygens (including phenoxy) is 1. The third kappa shape index (κ3) is 3.67. The second kappa shape index (κ2) is 9.12. The number of aromatic hydroxyl groups is 3. The van der Waals surface area contributed by atoms with Gasteiger partial charge in [-0.3, -0.25) is 9.59 Å². The Labute approximate surface area is 243 Å². The van der Waals surface area contributed by atoms with Gasteiger partial charge in [-0.1, -0.05) is 24.3 Å². The Bertz CT molecular complexity index is 2160. The molecule has 4 aromatic carbocycles. The van der Waals surface area contributed by atoms with Crippen LogP contribution in [0, 0.1) is 13.8 Å². The van der Waals surface area contributed by atoms with E-state index >= 15 is 0 Å². The predicted molar refractivity (Wildman–Crippen MR) is 163 cm³/mol. The van der Waals surface area contributed by atoms with Gasteiger partial charge in [0.1, 0.15) is 0 Å². The number of fused-ring (bicyclic) bond motifs is 5. The fraction of sp³-hybridized carbons (Fsp3) is 0.0909. The fourth-order valence-electron chi connectivity index (χ4n) is 5.84. The first-order chi connectivity index (χ1) is 20.2. The molecule has 2 aliphatic heterocycles. The number of aryl methyl sites for hydroxylation is 2. The maximum absolute atomic E-state index is 13.5. The van der Waals surface area contributed by atoms with Gasteiger partial charge in [-0.2, -0.15) is 0 Å². The molecule has 9 heteroatoms. The zero-order valence-electron chi connectivity index (χ0n) is 22.7. The van der Waals surface area contributed by atoms with Crippen LogP contribution in [0.5, 0.6) is 23.0 Å². The lowest BCUT2D eigenvalue weighted by Crippen LogP contribution is -2.09. The Balaban J connectivity index is 1.45. The highest BCUT2D eigenvalue weighted by molar-refractivity contribution is 7.15. The first-order valence-corrected chi connectivity index (χ1v) is 14.0. The minimum Gasteiger partial charge on any atom is -0.504 e. The second-order valence-electron chi connectivity index (χ2n) is 10.4. The molecule has 8 nitrogen and oxygen atoms in total. The van der Waals surface area contributed by atoms with Crippen molar-refractivity contribution in [1.82, 2.24) is 0 Å². The van der Waals surface area contributed by atoms with E-state index in [0.717, 1.165) is 20.5 Å². The fourth-order valence-corrected chi connectivity index (χ4v) is 6.73. The van der Waals surface area contributed by atoms with Crippen molar-refractivity contribution in [2.45, 2.75) is 13.8 Å². The summed E-state index contributed by atoms with van der Waals surface area (Å²) in [6.45, 7) is 3.64. The number of rotatable bonds is 4. The zero-order chi connectivity index (χ0) is 29.4. The van der Waals surface area contributed by atoms with Gasteiger partial charge in [0.25, 0.3) is 11.8 Å². The molecular weight excluding hydrogens is 552 g/mol. The number of phenolic OH excluding ortho intramolecular Hbond substituents is 3. The Kier molecular flexibility index (Phi) is 5.57. The minimum absolute atomic E-state index is 0.0105. The molecule has 2 aliphatic rings. The summed E-state index contributed by atoms with van der Waals surface area (Å²) in [7, 11) is 1.48. The Morgan fingerprint density at radius 2 is 1.31 bits per heavy atom. The number of carbonyl (C=O) groups is 2. The third-order valence-corrected chi connectivity index (χ3v) is 8.86. The lowest BCUT2D eigenvalue weighted by molar-refractivity contribution is -0.111. The van der Waals surface area contributed by atoms with Crippen LogP contribution in [-0.2, 0) is 9.59 Å². The lowest BCUT2D eigenvalue weighted by atomic mass is 9.97. The number of nitrogens with one attached hydrogen (secondary N) is 2. The summed E-state index contributed by atoms with van der Waals surface area (Å²) >= 11 is 1.54. The summed E-state index contributed by atoms with van der Waals surface area (Å²) in [5.74, 6) is -0.861. The molecule has 2 amide bonds. The van der Waals surface area contributed by atoms with Crippen LogP contribution in [0.25, 0.3) is 32.4 Å². The van der Waals surface area contributed by atoms with E-state index in [1.165, 1.54) is 24.5 Å². The van der Waals surface area contributed by atoms with Crippen molar-refractivity contribution < 1.29 is 29.6 Å². The quantitative estimate of drug-likeness (QED) is 0.199. The molecule has 0 bridgehead atoms. The molecule has 0 unspecified atom stereocenters. The van der Waals surface area contributed by atoms with Crippen LogP contribution in [0.1, 0.15) is 21.6 Å². The largest absolute Gasteiger partial charge is 0.504 e. The Morgan fingerprint density at radius 1 is 0.714 bits per heavy atom. The number of hydrogen-bond donors (Lipinski definition) is 5. The topological polar surface area (TPSA) is 128 Å². The summed E-state index contributed by atoms with van der Waals surface area (Å²) in [5.41, 5.74) is 4.18. The Morgan fingerprint density at radius 3 is 1.83 bits per heavy atom. The average Bonchev–Trinajstić information content (AvgIpc) is 3.65. The van der Waals surface area contributed by atoms with Gasteiger partial charge in [0.05, 0.1) is 29.6 Å². The highest BCUT2D eigenvalue weighted by atomic mass is 32.1. The van der Waals surface area contributed by atoms with Gasteiger partial charge in [0, 0.05) is 36.5 Å². The van der Waals surface area contributed by atoms with Crippen molar-refractivity contribution in [3.63, 3.8) is 0 Å². The standard InChI is InChI=1S/C33H24N2O6S/c1-14-10-16(12-23(36)30(14)37)26-20-7-5-19-18(28(20)34-32(26)39)6-8-21-27(33(40)35-29(19)21)17-11-22(25-9-4-15(2)42-25)31(38)24(13-17)41-3/h4-13,36-38H,1-3H3,(H,34,39)(H,35,40). The van der Waals surface area contributed by atoms with Gasteiger partial charge in [0.2, 0.25) is 0 Å². The number of anilines is 2. The minimum atomic E-state index is -0.327. The molecule has 42 heavy (non-hydrogen) atoms. The summed E-state index contributed by atoms with van der Waals surface area (Å²) < 4.78 is 5.47. The van der Waals surface area contributed by atoms with E-state index in [2.05, 4.69) is 10.6 Å². The van der Waals surface area contributed by atoms with Gasteiger partial charge < -0.3 is 30.7 Å². The highest BCUT2D eigenvalue weighted by Gasteiger charge is 2.29. The normalized spacial score (nSPS) is 13.8. The number of phenols is 3. The van der Waals surface area contributed by atoms with Gasteiger partial charge >= 0.3 is 0 Å². The van der Waals surface area contributed by atoms with Crippen LogP contribution < -0.4 is 25.8 Å². The van der Waals surface area contributed by atoms with Crippen molar-refractivity contribution >= 4 is 56.4 Å². The molecule has 3 heterocycles. The summed E-state index contributed by atoms with van der Waals surface area (Å²) in [6, 6.07) is 17.8. The van der Waals surface area contributed by atoms with E-state index < -0.39 is 0 Å². The van der Waals surface area contributed by atoms with E-state index in [9.17, 15) is 24.9 Å². The zero-order valence-corrected chi connectivity index (χ0v) is 23.6. The lowest BCUT2D eigenvalue weighted by Gasteiger charge is -2.11. The first-order valence-electron chi connectivity index (χ1n) is 13.1.